The van der Waals surface area contributed by atoms with E-state index in [4.69, 9.17) is 9.84 Å². The number of aromatic carboxylic acids is 1. The van der Waals surface area contributed by atoms with Crippen LogP contribution in [0, 0.1) is 0 Å². The smallest absolute Gasteiger partial charge is 0.336 e. The van der Waals surface area contributed by atoms with Gasteiger partial charge in [-0.05, 0) is 60.8 Å². The minimum Gasteiger partial charge on any atom is -0.478 e. The van der Waals surface area contributed by atoms with E-state index in [0.29, 0.717) is 15.1 Å². The van der Waals surface area contributed by atoms with Crippen LogP contribution in [0.1, 0.15) is 37.0 Å². The Bertz CT molecular complexity index is 556. The van der Waals surface area contributed by atoms with E-state index in [-0.39, 0.29) is 17.3 Å². The van der Waals surface area contributed by atoms with Crippen LogP contribution >= 0.6 is 15.9 Å². The van der Waals surface area contributed by atoms with E-state index in [1.165, 1.54) is 6.07 Å². The van der Waals surface area contributed by atoms with Crippen LogP contribution in [0.15, 0.2) is 27.6 Å². The van der Waals surface area contributed by atoms with Crippen molar-refractivity contribution in [2.75, 3.05) is 5.75 Å². The largest absolute Gasteiger partial charge is 0.478 e. The summed E-state index contributed by atoms with van der Waals surface area (Å²) in [5, 5.41) is 9.07. The van der Waals surface area contributed by atoms with Crippen molar-refractivity contribution in [2.24, 2.45) is 0 Å². The third-order valence-electron chi connectivity index (χ3n) is 3.32. The molecule has 20 heavy (non-hydrogen) atoms. The molecule has 0 aliphatic carbocycles. The molecule has 2 rings (SSSR count). The first-order valence-corrected chi connectivity index (χ1v) is 8.49. The lowest BCUT2D eigenvalue weighted by Crippen LogP contribution is -2.23. The van der Waals surface area contributed by atoms with Crippen LogP contribution < -0.4 is 0 Å². The second-order valence-corrected chi connectivity index (χ2v) is 7.85. The molecule has 1 saturated heterocycles. The predicted octanol–water partition coefficient (Wildman–Crippen LogP) is 3.21. The molecular formula is C14H17BrO4S. The second kappa shape index (κ2) is 5.95. The number of hydrogen-bond acceptors (Lipinski definition) is 3. The molecular weight excluding hydrogens is 344 g/mol. The molecule has 1 heterocycles. The van der Waals surface area contributed by atoms with Gasteiger partial charge in [0.05, 0.1) is 33.8 Å². The highest BCUT2D eigenvalue weighted by atomic mass is 79.9. The number of carbonyl (C=O) groups is 1. The Morgan fingerprint density at radius 2 is 2.25 bits per heavy atom. The summed E-state index contributed by atoms with van der Waals surface area (Å²) in [5.41, 5.74) is -0.0237. The van der Waals surface area contributed by atoms with Crippen LogP contribution in [-0.4, -0.2) is 32.7 Å². The predicted molar refractivity (Wildman–Crippen MR) is 80.6 cm³/mol. The Morgan fingerprint density at radius 1 is 1.55 bits per heavy atom. The molecule has 0 amide bonds. The van der Waals surface area contributed by atoms with Gasteiger partial charge in [-0.25, -0.2) is 4.79 Å². The maximum Gasteiger partial charge on any atom is 0.336 e. The Morgan fingerprint density at radius 3 is 2.80 bits per heavy atom. The summed E-state index contributed by atoms with van der Waals surface area (Å²) in [6, 6.07) is 4.77. The quantitative estimate of drug-likeness (QED) is 0.895. The highest BCUT2D eigenvalue weighted by molar-refractivity contribution is 9.10. The fourth-order valence-electron chi connectivity index (χ4n) is 2.27. The van der Waals surface area contributed by atoms with Gasteiger partial charge in [-0.1, -0.05) is 0 Å². The SMILES string of the molecule is CC1(C)CCC(CS(=O)c2ccc(Br)c(C(=O)O)c2)O1. The number of halogens is 1. The molecule has 110 valence electrons. The first-order valence-electron chi connectivity index (χ1n) is 6.37. The van der Waals surface area contributed by atoms with Gasteiger partial charge in [0, 0.05) is 9.37 Å². The summed E-state index contributed by atoms with van der Waals surface area (Å²) in [5.74, 6) is -0.626. The van der Waals surface area contributed by atoms with E-state index < -0.39 is 16.8 Å². The van der Waals surface area contributed by atoms with E-state index in [1.807, 2.05) is 13.8 Å². The van der Waals surface area contributed by atoms with Crippen LogP contribution in [0.5, 0.6) is 0 Å². The normalized spacial score (nSPS) is 22.6. The van der Waals surface area contributed by atoms with Gasteiger partial charge in [0.25, 0.3) is 0 Å². The fraction of sp³-hybridized carbons (Fsp3) is 0.500. The fourth-order valence-corrected chi connectivity index (χ4v) is 3.92. The third-order valence-corrected chi connectivity index (χ3v) is 5.47. The molecule has 1 aliphatic rings. The molecule has 1 aromatic carbocycles. The zero-order chi connectivity index (χ0) is 14.9. The Kier molecular flexibility index (Phi) is 4.66. The van der Waals surface area contributed by atoms with Crippen LogP contribution in [0.3, 0.4) is 0 Å². The van der Waals surface area contributed by atoms with Crippen molar-refractivity contribution in [1.82, 2.24) is 0 Å². The molecule has 0 bridgehead atoms. The van der Waals surface area contributed by atoms with Crippen LogP contribution in [0.2, 0.25) is 0 Å². The van der Waals surface area contributed by atoms with Gasteiger partial charge in [-0.2, -0.15) is 0 Å². The molecule has 1 aromatic rings. The number of carboxylic acids is 1. The third kappa shape index (κ3) is 3.68. The summed E-state index contributed by atoms with van der Waals surface area (Å²) >= 11 is 3.18. The number of rotatable bonds is 4. The minimum absolute atomic E-state index is 0.0252. The first kappa shape index (κ1) is 15.7. The summed E-state index contributed by atoms with van der Waals surface area (Å²) in [4.78, 5) is 11.6. The average Bonchev–Trinajstić information content (AvgIpc) is 2.68. The van der Waals surface area contributed by atoms with Gasteiger partial charge in [0.1, 0.15) is 0 Å². The average molecular weight is 361 g/mol. The van der Waals surface area contributed by atoms with Crippen molar-refractivity contribution >= 4 is 32.7 Å². The maximum atomic E-state index is 12.3. The van der Waals surface area contributed by atoms with Crippen molar-refractivity contribution < 1.29 is 18.8 Å². The van der Waals surface area contributed by atoms with Gasteiger partial charge in [0.2, 0.25) is 0 Å². The molecule has 4 nitrogen and oxygen atoms in total. The molecule has 0 radical (unpaired) electrons. The van der Waals surface area contributed by atoms with Gasteiger partial charge in [0.15, 0.2) is 0 Å². The van der Waals surface area contributed by atoms with Crippen molar-refractivity contribution in [1.29, 1.82) is 0 Å². The van der Waals surface area contributed by atoms with Crippen molar-refractivity contribution in [3.8, 4) is 0 Å². The van der Waals surface area contributed by atoms with Gasteiger partial charge in [-0.15, -0.1) is 0 Å². The number of ether oxygens (including phenoxy) is 1. The minimum atomic E-state index is -1.25. The molecule has 0 saturated carbocycles. The molecule has 0 spiro atoms. The molecule has 1 N–H and O–H groups in total. The van der Waals surface area contributed by atoms with E-state index in [2.05, 4.69) is 15.9 Å². The van der Waals surface area contributed by atoms with Gasteiger partial charge < -0.3 is 9.84 Å². The number of carboxylic acid groups (broad SMARTS) is 1. The lowest BCUT2D eigenvalue weighted by Gasteiger charge is -2.19. The molecule has 2 atom stereocenters. The summed E-state index contributed by atoms with van der Waals surface area (Å²) in [6.07, 6.45) is 1.82. The van der Waals surface area contributed by atoms with Crippen LogP contribution in [-0.2, 0) is 15.5 Å². The van der Waals surface area contributed by atoms with Gasteiger partial charge >= 0.3 is 5.97 Å². The summed E-state index contributed by atoms with van der Waals surface area (Å²) < 4.78 is 18.6. The Balaban J connectivity index is 2.10. The molecule has 1 fully saturated rings. The molecule has 2 unspecified atom stereocenters. The highest BCUT2D eigenvalue weighted by Gasteiger charge is 2.32. The number of benzene rings is 1. The van der Waals surface area contributed by atoms with Crippen molar-refractivity contribution in [2.45, 2.75) is 43.3 Å². The van der Waals surface area contributed by atoms with Crippen molar-refractivity contribution in [3.05, 3.63) is 28.2 Å². The van der Waals surface area contributed by atoms with Crippen LogP contribution in [0.25, 0.3) is 0 Å². The summed E-state index contributed by atoms with van der Waals surface area (Å²) in [6.45, 7) is 4.05. The molecule has 1 aliphatic heterocycles. The van der Waals surface area contributed by atoms with Crippen molar-refractivity contribution in [3.63, 3.8) is 0 Å². The zero-order valence-electron chi connectivity index (χ0n) is 11.4. The topological polar surface area (TPSA) is 63.6 Å². The Hall–Kier alpha value is -0.720. The lowest BCUT2D eigenvalue weighted by molar-refractivity contribution is -0.00498. The summed E-state index contributed by atoms with van der Waals surface area (Å²) in [7, 11) is -1.25. The second-order valence-electron chi connectivity index (χ2n) is 5.50. The standard InChI is InChI=1S/C14H17BrO4S/c1-14(2)6-5-9(19-14)8-20(18)10-3-4-12(15)11(7-10)13(16)17/h3-4,7,9H,5-6,8H2,1-2H3,(H,16,17). The zero-order valence-corrected chi connectivity index (χ0v) is 13.8. The Labute approximate surface area is 129 Å². The monoisotopic (exact) mass is 360 g/mol. The number of hydrogen-bond donors (Lipinski definition) is 1. The van der Waals surface area contributed by atoms with E-state index in [0.717, 1.165) is 12.8 Å². The van der Waals surface area contributed by atoms with E-state index in [1.54, 1.807) is 12.1 Å². The van der Waals surface area contributed by atoms with E-state index in [9.17, 15) is 9.00 Å². The van der Waals surface area contributed by atoms with Gasteiger partial charge in [-0.3, -0.25) is 4.21 Å². The molecule has 6 heteroatoms. The lowest BCUT2D eigenvalue weighted by atomic mass is 10.1. The highest BCUT2D eigenvalue weighted by Crippen LogP contribution is 2.30. The molecule has 0 aromatic heterocycles. The maximum absolute atomic E-state index is 12.3. The first-order chi connectivity index (χ1) is 9.28. The van der Waals surface area contributed by atoms with Crippen LogP contribution in [0.4, 0.5) is 0 Å². The van der Waals surface area contributed by atoms with E-state index >= 15 is 0 Å².